The van der Waals surface area contributed by atoms with Crippen LogP contribution in [0.1, 0.15) is 19.1 Å². The van der Waals surface area contributed by atoms with Crippen molar-refractivity contribution >= 4 is 33.6 Å². The summed E-state index contributed by atoms with van der Waals surface area (Å²) in [4.78, 5) is 23.8. The van der Waals surface area contributed by atoms with Crippen molar-refractivity contribution in [2.24, 2.45) is 0 Å². The van der Waals surface area contributed by atoms with Gasteiger partial charge in [0.15, 0.2) is 0 Å². The maximum atomic E-state index is 12.3. The Hall–Kier alpha value is -2.95. The summed E-state index contributed by atoms with van der Waals surface area (Å²) in [6.07, 6.45) is 4.41. The topological polar surface area (TPSA) is 127 Å². The number of anilines is 1. The number of furan rings is 1. The van der Waals surface area contributed by atoms with Crippen molar-refractivity contribution in [1.82, 2.24) is 10.0 Å². The number of hydrogen-bond donors (Lipinski definition) is 3. The molecular formula is C20H25N3O6S. The number of amides is 2. The highest BCUT2D eigenvalue weighted by atomic mass is 32.2. The van der Waals surface area contributed by atoms with Crippen molar-refractivity contribution in [1.29, 1.82) is 0 Å². The van der Waals surface area contributed by atoms with Crippen molar-refractivity contribution in [3.8, 4) is 0 Å². The van der Waals surface area contributed by atoms with Crippen LogP contribution in [0.2, 0.25) is 0 Å². The predicted molar refractivity (Wildman–Crippen MR) is 112 cm³/mol. The van der Waals surface area contributed by atoms with E-state index >= 15 is 0 Å². The fraction of sp³-hybridized carbons (Fsp3) is 0.300. The Balaban J connectivity index is 1.78. The lowest BCUT2D eigenvalue weighted by molar-refractivity contribution is -0.117. The van der Waals surface area contributed by atoms with Crippen molar-refractivity contribution in [3.05, 3.63) is 54.5 Å². The van der Waals surface area contributed by atoms with Gasteiger partial charge in [-0.1, -0.05) is 0 Å². The normalized spacial score (nSPS) is 12.6. The van der Waals surface area contributed by atoms with Gasteiger partial charge in [-0.05, 0) is 49.4 Å². The molecule has 30 heavy (non-hydrogen) atoms. The van der Waals surface area contributed by atoms with Gasteiger partial charge >= 0.3 is 0 Å². The molecular weight excluding hydrogens is 410 g/mol. The van der Waals surface area contributed by atoms with E-state index in [2.05, 4.69) is 15.4 Å². The molecule has 1 aromatic heterocycles. The molecule has 1 atom stereocenters. The number of sulfonamides is 1. The molecule has 1 aromatic carbocycles. The quantitative estimate of drug-likeness (QED) is 0.462. The van der Waals surface area contributed by atoms with Gasteiger partial charge in [-0.15, -0.1) is 0 Å². The highest BCUT2D eigenvalue weighted by Gasteiger charge is 2.17. The molecule has 10 heteroatoms. The molecule has 162 valence electrons. The van der Waals surface area contributed by atoms with E-state index in [9.17, 15) is 18.0 Å². The van der Waals surface area contributed by atoms with Crippen LogP contribution in [0.4, 0.5) is 5.69 Å². The highest BCUT2D eigenvalue weighted by Crippen LogP contribution is 2.14. The fourth-order valence-electron chi connectivity index (χ4n) is 2.46. The third kappa shape index (κ3) is 7.82. The van der Waals surface area contributed by atoms with Crippen LogP contribution in [0.3, 0.4) is 0 Å². The first-order valence-corrected chi connectivity index (χ1v) is 10.7. The summed E-state index contributed by atoms with van der Waals surface area (Å²) in [5.41, 5.74) is 0.452. The monoisotopic (exact) mass is 435 g/mol. The van der Waals surface area contributed by atoms with Gasteiger partial charge in [0.25, 0.3) is 0 Å². The van der Waals surface area contributed by atoms with E-state index in [1.54, 1.807) is 19.1 Å². The van der Waals surface area contributed by atoms with E-state index in [4.69, 9.17) is 9.15 Å². The molecule has 2 rings (SSSR count). The third-order valence-corrected chi connectivity index (χ3v) is 5.42. The molecule has 1 unspecified atom stereocenters. The van der Waals surface area contributed by atoms with Crippen molar-refractivity contribution in [2.75, 3.05) is 25.6 Å². The summed E-state index contributed by atoms with van der Waals surface area (Å²) >= 11 is 0. The predicted octanol–water partition coefficient (Wildman–Crippen LogP) is 1.75. The van der Waals surface area contributed by atoms with Crippen molar-refractivity contribution in [3.63, 3.8) is 0 Å². The first kappa shape index (κ1) is 23.3. The second kappa shape index (κ2) is 11.3. The number of rotatable bonds is 11. The Labute approximate surface area is 175 Å². The smallest absolute Gasteiger partial charge is 0.244 e. The van der Waals surface area contributed by atoms with Gasteiger partial charge in [-0.2, -0.15) is 0 Å². The Morgan fingerprint density at radius 3 is 2.57 bits per heavy atom. The Morgan fingerprint density at radius 1 is 1.20 bits per heavy atom. The molecule has 0 spiro atoms. The highest BCUT2D eigenvalue weighted by molar-refractivity contribution is 7.89. The molecule has 0 aliphatic carbocycles. The number of hydrogen-bond acceptors (Lipinski definition) is 6. The zero-order valence-electron chi connectivity index (χ0n) is 16.8. The largest absolute Gasteiger partial charge is 0.465 e. The minimum Gasteiger partial charge on any atom is -0.465 e. The van der Waals surface area contributed by atoms with E-state index in [1.807, 2.05) is 0 Å². The number of nitrogens with one attached hydrogen (secondary N) is 3. The SMILES string of the molecule is COCC(C)NS(=O)(=O)c1ccc(NC(=O)CCNC(=O)/C=C/c2ccco2)cc1. The summed E-state index contributed by atoms with van der Waals surface area (Å²) in [7, 11) is -2.18. The fourth-order valence-corrected chi connectivity index (χ4v) is 3.69. The van der Waals surface area contributed by atoms with Crippen LogP contribution in [0, 0.1) is 0 Å². The molecule has 0 fully saturated rings. The van der Waals surface area contributed by atoms with Crippen LogP contribution in [-0.4, -0.2) is 46.5 Å². The molecule has 2 aromatic rings. The molecule has 2 amide bonds. The van der Waals surface area contributed by atoms with Gasteiger partial charge in [0.05, 0.1) is 17.8 Å². The average Bonchev–Trinajstić information content (AvgIpc) is 3.20. The Morgan fingerprint density at radius 2 is 1.93 bits per heavy atom. The van der Waals surface area contributed by atoms with E-state index in [-0.39, 0.29) is 42.3 Å². The Bertz CT molecular complexity index is 953. The van der Waals surface area contributed by atoms with Gasteiger partial charge in [0, 0.05) is 37.9 Å². The van der Waals surface area contributed by atoms with E-state index in [0.717, 1.165) is 0 Å². The molecule has 0 radical (unpaired) electrons. The summed E-state index contributed by atoms with van der Waals surface area (Å²) in [5.74, 6) is -0.103. The molecule has 0 aliphatic rings. The molecule has 0 saturated carbocycles. The molecule has 1 heterocycles. The van der Waals surface area contributed by atoms with Crippen LogP contribution >= 0.6 is 0 Å². The molecule has 0 bridgehead atoms. The van der Waals surface area contributed by atoms with Crippen molar-refractivity contribution in [2.45, 2.75) is 24.3 Å². The van der Waals surface area contributed by atoms with Crippen LogP contribution in [0.5, 0.6) is 0 Å². The second-order valence-corrected chi connectivity index (χ2v) is 8.15. The standard InChI is InChI=1S/C20H25N3O6S/c1-15(14-28-2)23-30(26,27)18-8-5-16(6-9-18)22-20(25)11-12-21-19(24)10-7-17-4-3-13-29-17/h3-10,13,15,23H,11-12,14H2,1-2H3,(H,21,24)(H,22,25)/b10-7+. The third-order valence-electron chi connectivity index (χ3n) is 3.81. The van der Waals surface area contributed by atoms with E-state index in [0.29, 0.717) is 11.4 Å². The van der Waals surface area contributed by atoms with Crippen LogP contribution in [0.25, 0.3) is 6.08 Å². The maximum absolute atomic E-state index is 12.3. The zero-order valence-corrected chi connectivity index (χ0v) is 17.6. The number of carbonyl (C=O) groups is 2. The minimum absolute atomic E-state index is 0.0659. The molecule has 0 saturated heterocycles. The zero-order chi connectivity index (χ0) is 22.0. The summed E-state index contributed by atoms with van der Waals surface area (Å²) in [6.45, 7) is 2.10. The van der Waals surface area contributed by atoms with Gasteiger partial charge in [-0.3, -0.25) is 9.59 Å². The second-order valence-electron chi connectivity index (χ2n) is 6.44. The lowest BCUT2D eigenvalue weighted by Gasteiger charge is -2.13. The summed E-state index contributed by atoms with van der Waals surface area (Å²) in [5, 5.41) is 5.24. The summed E-state index contributed by atoms with van der Waals surface area (Å²) < 4.78 is 37.0. The lowest BCUT2D eigenvalue weighted by atomic mass is 10.3. The average molecular weight is 436 g/mol. The van der Waals surface area contributed by atoms with E-state index in [1.165, 1.54) is 49.8 Å². The number of ether oxygens (including phenoxy) is 1. The first-order valence-electron chi connectivity index (χ1n) is 9.21. The summed E-state index contributed by atoms with van der Waals surface area (Å²) in [6, 6.07) is 8.85. The lowest BCUT2D eigenvalue weighted by Crippen LogP contribution is -2.35. The molecule has 9 nitrogen and oxygen atoms in total. The number of benzene rings is 1. The molecule has 3 N–H and O–H groups in total. The van der Waals surface area contributed by atoms with Gasteiger partial charge < -0.3 is 19.8 Å². The number of methoxy groups -OCH3 is 1. The van der Waals surface area contributed by atoms with Crippen molar-refractivity contribution < 1.29 is 27.2 Å². The van der Waals surface area contributed by atoms with Gasteiger partial charge in [0.2, 0.25) is 21.8 Å². The van der Waals surface area contributed by atoms with Crippen LogP contribution < -0.4 is 15.4 Å². The van der Waals surface area contributed by atoms with Crippen LogP contribution in [-0.2, 0) is 24.3 Å². The van der Waals surface area contributed by atoms with Crippen LogP contribution in [0.15, 0.2) is 58.1 Å². The Kier molecular flexibility index (Phi) is 8.78. The van der Waals surface area contributed by atoms with Gasteiger partial charge in [0.1, 0.15) is 5.76 Å². The first-order chi connectivity index (χ1) is 14.3. The van der Waals surface area contributed by atoms with Gasteiger partial charge in [-0.25, -0.2) is 13.1 Å². The number of carbonyl (C=O) groups excluding carboxylic acids is 2. The molecule has 0 aliphatic heterocycles. The minimum atomic E-state index is -3.68. The van der Waals surface area contributed by atoms with E-state index < -0.39 is 10.0 Å². The maximum Gasteiger partial charge on any atom is 0.244 e.